The maximum absolute atomic E-state index is 11.8. The van der Waals surface area contributed by atoms with E-state index in [9.17, 15) is 9.59 Å². The van der Waals surface area contributed by atoms with E-state index in [1.807, 2.05) is 0 Å². The van der Waals surface area contributed by atoms with Crippen molar-refractivity contribution in [2.75, 3.05) is 18.4 Å². The van der Waals surface area contributed by atoms with Gasteiger partial charge in [-0.3, -0.25) is 15.1 Å². The molecule has 0 spiro atoms. The first-order valence-corrected chi connectivity index (χ1v) is 8.06. The summed E-state index contributed by atoms with van der Waals surface area (Å²) in [6.45, 7) is 4.79. The van der Waals surface area contributed by atoms with E-state index >= 15 is 0 Å². The fourth-order valence-electron chi connectivity index (χ4n) is 1.70. The second kappa shape index (κ2) is 8.23. The first kappa shape index (κ1) is 16.9. The van der Waals surface area contributed by atoms with Crippen molar-refractivity contribution in [3.05, 3.63) is 41.2 Å². The molecule has 0 unspecified atom stereocenters. The zero-order valence-electron chi connectivity index (χ0n) is 13.0. The standard InChI is InChI=1S/C15H19N5O2S/c1-10(2)12-9-19-15(23-12)20-14(22)18-7-6-17-13(21)11-4-3-5-16-8-11/h3-5,8-10H,6-7H2,1-2H3,(H,17,21)(H2,18,19,20,22). The SMILES string of the molecule is CC(C)c1cnc(NC(=O)NCCNC(=O)c2cccnc2)s1. The molecule has 0 radical (unpaired) electrons. The molecule has 2 aromatic heterocycles. The summed E-state index contributed by atoms with van der Waals surface area (Å²) in [4.78, 5) is 32.6. The van der Waals surface area contributed by atoms with Gasteiger partial charge in [0.15, 0.2) is 5.13 Å². The molecule has 7 nitrogen and oxygen atoms in total. The Balaban J connectivity index is 1.67. The molecular formula is C15H19N5O2S. The molecule has 2 rings (SSSR count). The summed E-state index contributed by atoms with van der Waals surface area (Å²) < 4.78 is 0. The van der Waals surface area contributed by atoms with Crippen LogP contribution in [0.25, 0.3) is 0 Å². The first-order valence-electron chi connectivity index (χ1n) is 7.25. The summed E-state index contributed by atoms with van der Waals surface area (Å²) in [6.07, 6.45) is 4.86. The number of urea groups is 1. The largest absolute Gasteiger partial charge is 0.350 e. The number of nitrogens with zero attached hydrogens (tertiary/aromatic N) is 2. The minimum atomic E-state index is -0.342. The lowest BCUT2D eigenvalue weighted by molar-refractivity contribution is 0.0953. The topological polar surface area (TPSA) is 96.0 Å². The van der Waals surface area contributed by atoms with E-state index in [4.69, 9.17) is 0 Å². The number of anilines is 1. The van der Waals surface area contributed by atoms with Gasteiger partial charge in [-0.25, -0.2) is 9.78 Å². The van der Waals surface area contributed by atoms with Gasteiger partial charge in [-0.15, -0.1) is 11.3 Å². The van der Waals surface area contributed by atoms with Crippen LogP contribution >= 0.6 is 11.3 Å². The molecule has 0 aliphatic heterocycles. The number of hydrogen-bond acceptors (Lipinski definition) is 5. The molecule has 0 aliphatic rings. The van der Waals surface area contributed by atoms with Crippen molar-refractivity contribution in [1.29, 1.82) is 0 Å². The lowest BCUT2D eigenvalue weighted by Crippen LogP contribution is -2.36. The fourth-order valence-corrected chi connectivity index (χ4v) is 2.52. The predicted molar refractivity (Wildman–Crippen MR) is 89.8 cm³/mol. The summed E-state index contributed by atoms with van der Waals surface area (Å²) in [5.74, 6) is 0.163. The van der Waals surface area contributed by atoms with Crippen LogP contribution in [0.1, 0.15) is 35.0 Å². The first-order chi connectivity index (χ1) is 11.1. The van der Waals surface area contributed by atoms with Crippen LogP contribution in [-0.2, 0) is 0 Å². The average Bonchev–Trinajstić information content (AvgIpc) is 3.01. The van der Waals surface area contributed by atoms with Crippen molar-refractivity contribution in [3.8, 4) is 0 Å². The van der Waals surface area contributed by atoms with Crippen molar-refractivity contribution in [2.45, 2.75) is 19.8 Å². The maximum atomic E-state index is 11.8. The van der Waals surface area contributed by atoms with Gasteiger partial charge in [0.05, 0.1) is 5.56 Å². The van der Waals surface area contributed by atoms with E-state index in [2.05, 4.69) is 39.8 Å². The van der Waals surface area contributed by atoms with Crippen LogP contribution in [0, 0.1) is 0 Å². The average molecular weight is 333 g/mol. The van der Waals surface area contributed by atoms with Crippen LogP contribution in [0.3, 0.4) is 0 Å². The highest BCUT2D eigenvalue weighted by molar-refractivity contribution is 7.15. The Kier molecular flexibility index (Phi) is 6.04. The molecular weight excluding hydrogens is 314 g/mol. The van der Waals surface area contributed by atoms with Crippen molar-refractivity contribution >= 4 is 28.4 Å². The Morgan fingerprint density at radius 1 is 1.22 bits per heavy atom. The fraction of sp³-hybridized carbons (Fsp3) is 0.333. The van der Waals surface area contributed by atoms with Gasteiger partial charge >= 0.3 is 6.03 Å². The van der Waals surface area contributed by atoms with E-state index in [0.29, 0.717) is 29.7 Å². The molecule has 2 aromatic rings. The number of pyridine rings is 1. The number of hydrogen-bond donors (Lipinski definition) is 3. The summed E-state index contributed by atoms with van der Waals surface area (Å²) in [5.41, 5.74) is 0.487. The monoisotopic (exact) mass is 333 g/mol. The van der Waals surface area contributed by atoms with Gasteiger partial charge in [0.1, 0.15) is 0 Å². The Bertz CT molecular complexity index is 657. The molecule has 23 heavy (non-hydrogen) atoms. The van der Waals surface area contributed by atoms with E-state index < -0.39 is 0 Å². The van der Waals surface area contributed by atoms with Gasteiger partial charge < -0.3 is 10.6 Å². The highest BCUT2D eigenvalue weighted by Crippen LogP contribution is 2.24. The van der Waals surface area contributed by atoms with Gasteiger partial charge in [-0.2, -0.15) is 0 Å². The normalized spacial score (nSPS) is 10.4. The summed E-state index contributed by atoms with van der Waals surface area (Å²) in [6, 6.07) is 3.03. The van der Waals surface area contributed by atoms with Crippen LogP contribution in [0.2, 0.25) is 0 Å². The van der Waals surface area contributed by atoms with Gasteiger partial charge in [-0.05, 0) is 18.1 Å². The van der Waals surface area contributed by atoms with Crippen LogP contribution in [0.15, 0.2) is 30.7 Å². The third kappa shape index (κ3) is 5.33. The van der Waals surface area contributed by atoms with Crippen molar-refractivity contribution in [2.24, 2.45) is 0 Å². The van der Waals surface area contributed by atoms with Crippen molar-refractivity contribution in [3.63, 3.8) is 0 Å². The van der Waals surface area contributed by atoms with Crippen molar-refractivity contribution in [1.82, 2.24) is 20.6 Å². The number of amides is 3. The number of aromatic nitrogens is 2. The summed E-state index contributed by atoms with van der Waals surface area (Å²) >= 11 is 1.45. The van der Waals surface area contributed by atoms with Crippen molar-refractivity contribution < 1.29 is 9.59 Å². The summed E-state index contributed by atoms with van der Waals surface area (Å²) in [5, 5.41) is 8.60. The Hall–Kier alpha value is -2.48. The number of carbonyl (C=O) groups excluding carboxylic acids is 2. The van der Waals surface area contributed by atoms with E-state index in [1.165, 1.54) is 17.5 Å². The Labute approximate surface area is 138 Å². The van der Waals surface area contributed by atoms with Crippen LogP contribution in [0.5, 0.6) is 0 Å². The number of thiazole rings is 1. The zero-order chi connectivity index (χ0) is 16.7. The quantitative estimate of drug-likeness (QED) is 0.706. The smallest absolute Gasteiger partial charge is 0.321 e. The van der Waals surface area contributed by atoms with E-state index in [1.54, 1.807) is 24.5 Å². The van der Waals surface area contributed by atoms with Gasteiger partial charge in [0.25, 0.3) is 5.91 Å². The number of nitrogens with one attached hydrogen (secondary N) is 3. The molecule has 0 aromatic carbocycles. The number of rotatable bonds is 6. The summed E-state index contributed by atoms with van der Waals surface area (Å²) in [7, 11) is 0. The van der Waals surface area contributed by atoms with Gasteiger partial charge in [0.2, 0.25) is 0 Å². The van der Waals surface area contributed by atoms with Crippen LogP contribution in [-0.4, -0.2) is 35.0 Å². The Morgan fingerprint density at radius 2 is 2.00 bits per heavy atom. The Morgan fingerprint density at radius 3 is 2.65 bits per heavy atom. The molecule has 0 saturated carbocycles. The molecule has 8 heteroatoms. The van der Waals surface area contributed by atoms with E-state index in [0.717, 1.165) is 4.88 Å². The minimum absolute atomic E-state index is 0.221. The lowest BCUT2D eigenvalue weighted by Gasteiger charge is -2.07. The molecule has 0 aliphatic carbocycles. The molecule has 0 atom stereocenters. The zero-order valence-corrected chi connectivity index (χ0v) is 13.8. The molecule has 0 bridgehead atoms. The predicted octanol–water partition coefficient (Wildman–Crippen LogP) is 2.21. The number of carbonyl (C=O) groups is 2. The van der Waals surface area contributed by atoms with Crippen LogP contribution in [0.4, 0.5) is 9.93 Å². The second-order valence-corrected chi connectivity index (χ2v) is 6.16. The minimum Gasteiger partial charge on any atom is -0.350 e. The van der Waals surface area contributed by atoms with E-state index in [-0.39, 0.29) is 11.9 Å². The molecule has 0 saturated heterocycles. The maximum Gasteiger partial charge on any atom is 0.321 e. The molecule has 3 amide bonds. The second-order valence-electron chi connectivity index (χ2n) is 5.10. The molecule has 2 heterocycles. The highest BCUT2D eigenvalue weighted by atomic mass is 32.1. The van der Waals surface area contributed by atoms with Crippen LogP contribution < -0.4 is 16.0 Å². The lowest BCUT2D eigenvalue weighted by atomic mass is 10.2. The molecule has 122 valence electrons. The third-order valence-electron chi connectivity index (χ3n) is 2.93. The third-order valence-corrected chi connectivity index (χ3v) is 4.15. The van der Waals surface area contributed by atoms with Gasteiger partial charge in [-0.1, -0.05) is 13.8 Å². The molecule has 3 N–H and O–H groups in total. The molecule has 0 fully saturated rings. The highest BCUT2D eigenvalue weighted by Gasteiger charge is 2.08. The van der Waals surface area contributed by atoms with Gasteiger partial charge in [0, 0.05) is 36.6 Å².